The lowest BCUT2D eigenvalue weighted by Crippen LogP contribution is -2.27. The Kier molecular flexibility index (Phi) is 4.26. The molecule has 132 valence electrons. The number of hydrogen-bond donors (Lipinski definition) is 3. The summed E-state index contributed by atoms with van der Waals surface area (Å²) in [5, 5.41) is 8.35. The summed E-state index contributed by atoms with van der Waals surface area (Å²) < 4.78 is 0. The highest BCUT2D eigenvalue weighted by atomic mass is 32.1. The first-order chi connectivity index (χ1) is 12.6. The Hall–Kier alpha value is -2.99. The second-order valence-electron chi connectivity index (χ2n) is 6.33. The average molecular weight is 364 g/mol. The Morgan fingerprint density at radius 1 is 1.12 bits per heavy atom. The monoisotopic (exact) mass is 364 g/mol. The molecule has 3 N–H and O–H groups in total. The van der Waals surface area contributed by atoms with Gasteiger partial charge in [-0.05, 0) is 35.2 Å². The highest BCUT2D eigenvalue weighted by Crippen LogP contribution is 2.40. The van der Waals surface area contributed by atoms with Crippen molar-refractivity contribution in [2.45, 2.75) is 0 Å². The molecule has 0 unspecified atom stereocenters. The maximum Gasteiger partial charge on any atom is 0.321 e. The number of carbonyl (C=O) groups excluding carboxylic acids is 1. The molecule has 4 rings (SSSR count). The van der Waals surface area contributed by atoms with Gasteiger partial charge in [0.1, 0.15) is 5.82 Å². The lowest BCUT2D eigenvalue weighted by Gasteiger charge is -2.16. The number of carbonyl (C=O) groups is 1. The van der Waals surface area contributed by atoms with Gasteiger partial charge in [-0.1, -0.05) is 18.2 Å². The molecule has 2 aromatic heterocycles. The van der Waals surface area contributed by atoms with Crippen molar-refractivity contribution in [2.75, 3.05) is 31.3 Å². The van der Waals surface area contributed by atoms with E-state index >= 15 is 0 Å². The van der Waals surface area contributed by atoms with Crippen LogP contribution in [0, 0.1) is 0 Å². The van der Waals surface area contributed by atoms with Crippen molar-refractivity contribution in [3.05, 3.63) is 64.5 Å². The number of nitrogens with one attached hydrogen (secondary N) is 3. The van der Waals surface area contributed by atoms with E-state index in [0.29, 0.717) is 0 Å². The second-order valence-corrected chi connectivity index (χ2v) is 7.25. The first kappa shape index (κ1) is 16.5. The van der Waals surface area contributed by atoms with E-state index in [4.69, 9.17) is 0 Å². The van der Waals surface area contributed by atoms with Crippen LogP contribution in [0.3, 0.4) is 0 Å². The number of benzene rings is 1. The molecule has 2 amide bonds. The molecular weight excluding hydrogens is 344 g/mol. The van der Waals surface area contributed by atoms with E-state index in [1.165, 1.54) is 26.5 Å². The van der Waals surface area contributed by atoms with Crippen molar-refractivity contribution in [2.24, 2.45) is 0 Å². The number of thiophene rings is 1. The van der Waals surface area contributed by atoms with Gasteiger partial charge in [0, 0.05) is 54.1 Å². The van der Waals surface area contributed by atoms with Gasteiger partial charge < -0.3 is 20.5 Å². The Balaban J connectivity index is 1.64. The molecule has 3 aromatic rings. The summed E-state index contributed by atoms with van der Waals surface area (Å²) in [7, 11) is 3.45. The van der Waals surface area contributed by atoms with Crippen LogP contribution in [0.25, 0.3) is 16.7 Å². The molecule has 0 fully saturated rings. The van der Waals surface area contributed by atoms with Crippen LogP contribution >= 0.6 is 11.3 Å². The summed E-state index contributed by atoms with van der Waals surface area (Å²) in [6.45, 7) is 0.815. The topological polar surface area (TPSA) is 60.2 Å². The van der Waals surface area contributed by atoms with E-state index in [0.717, 1.165) is 23.6 Å². The van der Waals surface area contributed by atoms with Crippen molar-refractivity contribution in [1.82, 2.24) is 9.88 Å². The van der Waals surface area contributed by atoms with Crippen LogP contribution in [0.5, 0.6) is 0 Å². The molecule has 0 saturated heterocycles. The van der Waals surface area contributed by atoms with Gasteiger partial charge in [-0.2, -0.15) is 0 Å². The number of aromatic amines is 1. The normalized spacial score (nSPS) is 12.8. The number of anilines is 2. The molecule has 0 saturated carbocycles. The zero-order chi connectivity index (χ0) is 18.1. The van der Waals surface area contributed by atoms with E-state index in [2.05, 4.69) is 51.3 Å². The van der Waals surface area contributed by atoms with Crippen LogP contribution in [0.1, 0.15) is 10.4 Å². The molecule has 0 aliphatic carbocycles. The zero-order valence-corrected chi connectivity index (χ0v) is 15.5. The van der Waals surface area contributed by atoms with Gasteiger partial charge in [-0.3, -0.25) is 0 Å². The molecule has 5 nitrogen and oxygen atoms in total. The molecule has 6 heteroatoms. The number of rotatable bonds is 3. The first-order valence-corrected chi connectivity index (χ1v) is 9.30. The minimum atomic E-state index is -0.131. The van der Waals surface area contributed by atoms with Gasteiger partial charge in [0.15, 0.2) is 0 Å². The van der Waals surface area contributed by atoms with E-state index in [-0.39, 0.29) is 6.03 Å². The van der Waals surface area contributed by atoms with E-state index in [1.54, 1.807) is 25.4 Å². The number of fused-ring (bicyclic) bond motifs is 1. The van der Waals surface area contributed by atoms with Crippen LogP contribution in [0.2, 0.25) is 0 Å². The molecular formula is C20H20N4OS. The van der Waals surface area contributed by atoms with Crippen molar-refractivity contribution >= 4 is 34.4 Å². The highest BCUT2D eigenvalue weighted by Gasteiger charge is 2.19. The third kappa shape index (κ3) is 2.99. The number of urea groups is 1. The molecule has 0 radical (unpaired) electrons. The molecule has 1 aliphatic rings. The van der Waals surface area contributed by atoms with Gasteiger partial charge in [0.25, 0.3) is 0 Å². The summed E-state index contributed by atoms with van der Waals surface area (Å²) in [5.41, 5.74) is 5.60. The minimum Gasteiger partial charge on any atom is -0.368 e. The van der Waals surface area contributed by atoms with Crippen LogP contribution in [0.4, 0.5) is 16.3 Å². The summed E-state index contributed by atoms with van der Waals surface area (Å²) in [6, 6.07) is 12.1. The Labute approximate surface area is 156 Å². The predicted molar refractivity (Wildman–Crippen MR) is 109 cm³/mol. The Bertz CT molecular complexity index is 966. The third-order valence-corrected chi connectivity index (χ3v) is 5.33. The SMILES string of the molecule is CN(C)C(=O)Nc1ccc(-c2ccsc2C2=CCNc3[nH]ccc32)cc1. The summed E-state index contributed by atoms with van der Waals surface area (Å²) in [5.74, 6) is 1.07. The average Bonchev–Trinajstić information content (AvgIpc) is 3.31. The first-order valence-electron chi connectivity index (χ1n) is 8.42. The molecule has 26 heavy (non-hydrogen) atoms. The molecule has 0 atom stereocenters. The molecule has 3 heterocycles. The zero-order valence-electron chi connectivity index (χ0n) is 14.7. The van der Waals surface area contributed by atoms with Gasteiger partial charge in [0.2, 0.25) is 0 Å². The lowest BCUT2D eigenvalue weighted by molar-refractivity contribution is 0.230. The maximum absolute atomic E-state index is 11.8. The fourth-order valence-electron chi connectivity index (χ4n) is 3.03. The quantitative estimate of drug-likeness (QED) is 0.631. The Morgan fingerprint density at radius 3 is 2.69 bits per heavy atom. The van der Waals surface area contributed by atoms with Gasteiger partial charge >= 0.3 is 6.03 Å². The van der Waals surface area contributed by atoms with Gasteiger partial charge in [0.05, 0.1) is 0 Å². The van der Waals surface area contributed by atoms with E-state index < -0.39 is 0 Å². The van der Waals surface area contributed by atoms with Crippen molar-refractivity contribution in [3.63, 3.8) is 0 Å². The number of nitrogens with zero attached hydrogens (tertiary/aromatic N) is 1. The van der Waals surface area contributed by atoms with Gasteiger partial charge in [-0.15, -0.1) is 11.3 Å². The van der Waals surface area contributed by atoms with Crippen LogP contribution in [-0.2, 0) is 0 Å². The van der Waals surface area contributed by atoms with E-state index in [1.807, 2.05) is 18.3 Å². The fourth-order valence-corrected chi connectivity index (χ4v) is 4.01. The number of amides is 2. The Morgan fingerprint density at radius 2 is 1.92 bits per heavy atom. The van der Waals surface area contributed by atoms with Crippen molar-refractivity contribution in [1.29, 1.82) is 0 Å². The standard InChI is InChI=1S/C20H20N4OS/c1-24(2)20(25)23-14-5-3-13(4-6-14)15-9-12-26-18(15)16-7-10-21-19-17(16)8-11-22-19/h3-9,11-12,21-22H,10H2,1-2H3,(H,23,25). The number of H-pyrrole nitrogens is 1. The molecule has 1 aromatic carbocycles. The molecule has 0 spiro atoms. The summed E-state index contributed by atoms with van der Waals surface area (Å²) >= 11 is 1.75. The lowest BCUT2D eigenvalue weighted by atomic mass is 9.97. The maximum atomic E-state index is 11.8. The number of hydrogen-bond acceptors (Lipinski definition) is 3. The summed E-state index contributed by atoms with van der Waals surface area (Å²) in [4.78, 5) is 17.8. The number of aromatic nitrogens is 1. The largest absolute Gasteiger partial charge is 0.368 e. The van der Waals surface area contributed by atoms with Gasteiger partial charge in [-0.25, -0.2) is 4.79 Å². The second kappa shape index (κ2) is 6.72. The fraction of sp³-hybridized carbons (Fsp3) is 0.150. The van der Waals surface area contributed by atoms with Crippen LogP contribution in [-0.4, -0.2) is 36.6 Å². The minimum absolute atomic E-state index is 0.131. The smallest absolute Gasteiger partial charge is 0.321 e. The third-order valence-electron chi connectivity index (χ3n) is 4.39. The van der Waals surface area contributed by atoms with Crippen LogP contribution in [0.15, 0.2) is 54.1 Å². The highest BCUT2D eigenvalue weighted by molar-refractivity contribution is 7.11. The van der Waals surface area contributed by atoms with E-state index in [9.17, 15) is 4.79 Å². The predicted octanol–water partition coefficient (Wildman–Crippen LogP) is 4.69. The van der Waals surface area contributed by atoms with Crippen molar-refractivity contribution < 1.29 is 4.79 Å². The molecule has 1 aliphatic heterocycles. The van der Waals surface area contributed by atoms with Crippen molar-refractivity contribution in [3.8, 4) is 11.1 Å². The van der Waals surface area contributed by atoms with Crippen LogP contribution < -0.4 is 10.6 Å². The molecule has 0 bridgehead atoms. The summed E-state index contributed by atoms with van der Waals surface area (Å²) in [6.07, 6.45) is 4.20.